The summed E-state index contributed by atoms with van der Waals surface area (Å²) in [4.78, 5) is 20.7. The Balaban J connectivity index is 3.54. The van der Waals surface area contributed by atoms with Crippen molar-refractivity contribution in [1.29, 1.82) is 0 Å². The summed E-state index contributed by atoms with van der Waals surface area (Å²) >= 11 is 2.89. The Bertz CT molecular complexity index is 162. The summed E-state index contributed by atoms with van der Waals surface area (Å²) in [6.45, 7) is -0.139. The second-order valence-electron chi connectivity index (χ2n) is 1.86. The lowest BCUT2D eigenvalue weighted by molar-refractivity contribution is -0.126. The van der Waals surface area contributed by atoms with E-state index in [2.05, 4.69) is 21.2 Å². The predicted octanol–water partition coefficient (Wildman–Crippen LogP) is -1.66. The van der Waals surface area contributed by atoms with Crippen LogP contribution in [-0.2, 0) is 9.59 Å². The molecule has 0 aliphatic carbocycles. The van der Waals surface area contributed by atoms with Crippen LogP contribution in [0.25, 0.3) is 0 Å². The summed E-state index contributed by atoms with van der Waals surface area (Å²) in [6.07, 6.45) is -1.31. The summed E-state index contributed by atoms with van der Waals surface area (Å²) in [5, 5.41) is 11.2. The van der Waals surface area contributed by atoms with Crippen LogP contribution in [0.5, 0.6) is 0 Å². The highest BCUT2D eigenvalue weighted by molar-refractivity contribution is 9.09. The van der Waals surface area contributed by atoms with Crippen LogP contribution in [0.1, 0.15) is 0 Å². The van der Waals surface area contributed by atoms with Gasteiger partial charge < -0.3 is 16.2 Å². The molecule has 1 unspecified atom stereocenters. The number of primary amides is 1. The number of hydrogen-bond acceptors (Lipinski definition) is 3. The molecule has 0 bridgehead atoms. The summed E-state index contributed by atoms with van der Waals surface area (Å²) in [5.74, 6) is -1.15. The summed E-state index contributed by atoms with van der Waals surface area (Å²) in [6, 6.07) is 0. The number of rotatable bonds is 4. The maximum Gasteiger partial charge on any atom is 0.248 e. The van der Waals surface area contributed by atoms with Crippen molar-refractivity contribution in [3.63, 3.8) is 0 Å². The third-order valence-electron chi connectivity index (χ3n) is 0.942. The minimum Gasteiger partial charge on any atom is -0.381 e. The number of aliphatic hydroxyl groups is 1. The van der Waals surface area contributed by atoms with Crippen LogP contribution in [0.2, 0.25) is 0 Å². The first-order valence-corrected chi connectivity index (χ1v) is 4.00. The molecule has 0 aliphatic heterocycles. The van der Waals surface area contributed by atoms with Crippen molar-refractivity contribution >= 4 is 27.7 Å². The van der Waals surface area contributed by atoms with E-state index in [1.807, 2.05) is 0 Å². The number of aliphatic hydroxyl groups excluding tert-OH is 1. The average Bonchev–Trinajstić information content (AvgIpc) is 1.99. The minimum absolute atomic E-state index is 0.137. The molecule has 0 spiro atoms. The normalized spacial score (nSPS) is 12.2. The fraction of sp³-hybridized carbons (Fsp3) is 0.600. The molecule has 0 heterocycles. The highest BCUT2D eigenvalue weighted by Gasteiger charge is 2.10. The van der Waals surface area contributed by atoms with E-state index in [0.29, 0.717) is 0 Å². The number of carbonyl (C=O) groups is 2. The van der Waals surface area contributed by atoms with Crippen molar-refractivity contribution in [2.45, 2.75) is 6.10 Å². The van der Waals surface area contributed by atoms with Gasteiger partial charge in [-0.1, -0.05) is 15.9 Å². The first kappa shape index (κ1) is 10.4. The van der Waals surface area contributed by atoms with Gasteiger partial charge in [0.15, 0.2) is 0 Å². The molecule has 4 N–H and O–H groups in total. The minimum atomic E-state index is -1.31. The number of nitrogens with one attached hydrogen (secondary N) is 1. The van der Waals surface area contributed by atoms with E-state index in [9.17, 15) is 9.59 Å². The Morgan fingerprint density at radius 1 is 1.64 bits per heavy atom. The van der Waals surface area contributed by atoms with Crippen molar-refractivity contribution in [2.24, 2.45) is 5.73 Å². The Morgan fingerprint density at radius 2 is 2.18 bits per heavy atom. The molecule has 0 radical (unpaired) electrons. The van der Waals surface area contributed by atoms with Crippen LogP contribution >= 0.6 is 15.9 Å². The predicted molar refractivity (Wildman–Crippen MR) is 42.0 cm³/mol. The van der Waals surface area contributed by atoms with E-state index in [1.165, 1.54) is 0 Å². The Hall–Kier alpha value is -0.620. The molecule has 1 atom stereocenters. The molecule has 0 saturated carbocycles. The Labute approximate surface area is 72.1 Å². The van der Waals surface area contributed by atoms with Crippen molar-refractivity contribution in [3.8, 4) is 0 Å². The van der Waals surface area contributed by atoms with Crippen LogP contribution in [0, 0.1) is 0 Å². The molecule has 0 fully saturated rings. The Morgan fingerprint density at radius 3 is 2.55 bits per heavy atom. The smallest absolute Gasteiger partial charge is 0.248 e. The van der Waals surface area contributed by atoms with Crippen LogP contribution in [0.4, 0.5) is 0 Å². The molecule has 0 aliphatic rings. The number of hydrogen-bond donors (Lipinski definition) is 3. The van der Waals surface area contributed by atoms with Gasteiger partial charge in [-0.2, -0.15) is 0 Å². The molecule has 2 amide bonds. The van der Waals surface area contributed by atoms with Gasteiger partial charge in [-0.05, 0) is 0 Å². The molecule has 5 nitrogen and oxygen atoms in total. The van der Waals surface area contributed by atoms with Gasteiger partial charge in [-0.3, -0.25) is 9.59 Å². The van der Waals surface area contributed by atoms with E-state index < -0.39 is 12.0 Å². The van der Waals surface area contributed by atoms with Crippen LogP contribution < -0.4 is 11.1 Å². The van der Waals surface area contributed by atoms with E-state index in [4.69, 9.17) is 10.8 Å². The zero-order valence-electron chi connectivity index (χ0n) is 5.71. The number of carbonyl (C=O) groups excluding carboxylic acids is 2. The molecule has 64 valence electrons. The standard InChI is InChI=1S/C5H9BrN2O3/c6-1-4(10)8-2-3(9)5(7)11/h3,9H,1-2H2,(H2,7,11)(H,8,10). The van der Waals surface area contributed by atoms with Gasteiger partial charge in [0.2, 0.25) is 11.8 Å². The third-order valence-corrected chi connectivity index (χ3v) is 1.45. The molecule has 0 aromatic heterocycles. The molecule has 0 saturated heterocycles. The quantitative estimate of drug-likeness (QED) is 0.500. The zero-order chi connectivity index (χ0) is 8.85. The molecule has 6 heteroatoms. The highest BCUT2D eigenvalue weighted by Crippen LogP contribution is 1.81. The summed E-state index contributed by atoms with van der Waals surface area (Å²) in [7, 11) is 0. The fourth-order valence-electron chi connectivity index (χ4n) is 0.358. The lowest BCUT2D eigenvalue weighted by Crippen LogP contribution is -2.40. The van der Waals surface area contributed by atoms with Crippen molar-refractivity contribution in [3.05, 3.63) is 0 Å². The lowest BCUT2D eigenvalue weighted by atomic mass is 10.3. The first-order valence-electron chi connectivity index (χ1n) is 2.88. The number of amides is 2. The fourth-order valence-corrected chi connectivity index (χ4v) is 0.557. The summed E-state index contributed by atoms with van der Waals surface area (Å²) in [5.41, 5.74) is 4.71. The van der Waals surface area contributed by atoms with E-state index in [-0.39, 0.29) is 17.8 Å². The summed E-state index contributed by atoms with van der Waals surface area (Å²) < 4.78 is 0. The molecular weight excluding hydrogens is 216 g/mol. The van der Waals surface area contributed by atoms with Crippen LogP contribution in [-0.4, -0.2) is 34.9 Å². The van der Waals surface area contributed by atoms with Gasteiger partial charge in [0.25, 0.3) is 0 Å². The van der Waals surface area contributed by atoms with Gasteiger partial charge >= 0.3 is 0 Å². The van der Waals surface area contributed by atoms with Gasteiger partial charge in [0.1, 0.15) is 6.10 Å². The topological polar surface area (TPSA) is 92.4 Å². The SMILES string of the molecule is NC(=O)C(O)CNC(=O)CBr. The van der Waals surface area contributed by atoms with E-state index in [0.717, 1.165) is 0 Å². The van der Waals surface area contributed by atoms with E-state index in [1.54, 1.807) is 0 Å². The zero-order valence-corrected chi connectivity index (χ0v) is 7.30. The largest absolute Gasteiger partial charge is 0.381 e. The van der Waals surface area contributed by atoms with Crippen LogP contribution in [0.3, 0.4) is 0 Å². The van der Waals surface area contributed by atoms with Crippen molar-refractivity contribution in [1.82, 2.24) is 5.32 Å². The lowest BCUT2D eigenvalue weighted by Gasteiger charge is -2.06. The maximum atomic E-state index is 10.5. The average molecular weight is 225 g/mol. The van der Waals surface area contributed by atoms with E-state index >= 15 is 0 Å². The van der Waals surface area contributed by atoms with Crippen molar-refractivity contribution in [2.75, 3.05) is 11.9 Å². The van der Waals surface area contributed by atoms with Crippen LogP contribution in [0.15, 0.2) is 0 Å². The highest BCUT2D eigenvalue weighted by atomic mass is 79.9. The van der Waals surface area contributed by atoms with Crippen molar-refractivity contribution < 1.29 is 14.7 Å². The molecule has 11 heavy (non-hydrogen) atoms. The molecule has 0 rings (SSSR count). The number of halogens is 1. The third kappa shape index (κ3) is 4.74. The first-order chi connectivity index (χ1) is 5.07. The molecule has 0 aromatic rings. The van der Waals surface area contributed by atoms with Gasteiger partial charge in [-0.25, -0.2) is 0 Å². The van der Waals surface area contributed by atoms with Gasteiger partial charge in [-0.15, -0.1) is 0 Å². The second kappa shape index (κ2) is 5.09. The monoisotopic (exact) mass is 224 g/mol. The molecular formula is C5H9BrN2O3. The molecule has 0 aromatic carbocycles. The van der Waals surface area contributed by atoms with Gasteiger partial charge in [0.05, 0.1) is 11.9 Å². The second-order valence-corrected chi connectivity index (χ2v) is 2.42. The maximum absolute atomic E-state index is 10.5. The number of nitrogens with two attached hydrogens (primary N) is 1. The van der Waals surface area contributed by atoms with Gasteiger partial charge in [0, 0.05) is 0 Å². The Kier molecular flexibility index (Phi) is 4.80. The number of alkyl halides is 1.